The molecule has 0 radical (unpaired) electrons. The van der Waals surface area contributed by atoms with E-state index in [0.717, 1.165) is 76.0 Å². The van der Waals surface area contributed by atoms with Crippen LogP contribution in [-0.2, 0) is 19.1 Å². The molecule has 1 aromatic carbocycles. The maximum Gasteiger partial charge on any atom is 0.317 e. The Morgan fingerprint density at radius 1 is 0.838 bits per heavy atom. The highest BCUT2D eigenvalue weighted by atomic mass is 16.6. The fraction of sp³-hybridized carbons (Fsp3) is 0.692. The normalized spacial score (nSPS) is 11.5. The van der Waals surface area contributed by atoms with Gasteiger partial charge in [-0.1, -0.05) is 65.2 Å². The van der Waals surface area contributed by atoms with Crippen molar-refractivity contribution in [3.63, 3.8) is 0 Å². The molecular weight excluding hydrogens is 484 g/mol. The van der Waals surface area contributed by atoms with Gasteiger partial charge in [0, 0.05) is 25.3 Å². The summed E-state index contributed by atoms with van der Waals surface area (Å²) in [5, 5.41) is 22.2. The number of nitro groups is 2. The highest BCUT2D eigenvalue weighted by Gasteiger charge is 2.22. The van der Waals surface area contributed by atoms with Crippen LogP contribution in [0, 0.1) is 20.2 Å². The molecule has 0 spiro atoms. The molecule has 0 amide bonds. The van der Waals surface area contributed by atoms with Gasteiger partial charge in [-0.15, -0.1) is 0 Å². The Hall–Kier alpha value is -3.24. The lowest BCUT2D eigenvalue weighted by molar-refractivity contribution is -0.394. The van der Waals surface area contributed by atoms with Crippen molar-refractivity contribution in [2.75, 3.05) is 13.2 Å². The molecule has 0 bridgehead atoms. The summed E-state index contributed by atoms with van der Waals surface area (Å²) in [5.41, 5.74) is -0.962. The largest absolute Gasteiger partial charge is 0.487 e. The zero-order valence-electron chi connectivity index (χ0n) is 22.0. The van der Waals surface area contributed by atoms with Crippen LogP contribution in [0.2, 0.25) is 0 Å². The lowest BCUT2D eigenvalue weighted by Gasteiger charge is -2.18. The number of carbonyl (C=O) groups excluding carboxylic acids is 2. The Morgan fingerprint density at radius 3 is 2.00 bits per heavy atom. The van der Waals surface area contributed by atoms with Crippen molar-refractivity contribution in [3.05, 3.63) is 38.4 Å². The molecule has 1 rings (SSSR count). The number of non-ortho nitro benzene ring substituents is 1. The van der Waals surface area contributed by atoms with Gasteiger partial charge in [-0.25, -0.2) is 0 Å². The van der Waals surface area contributed by atoms with E-state index in [0.29, 0.717) is 6.42 Å². The number of hydrogen-bond acceptors (Lipinski definition) is 9. The van der Waals surface area contributed by atoms with E-state index in [9.17, 15) is 29.8 Å². The van der Waals surface area contributed by atoms with Crippen LogP contribution in [-0.4, -0.2) is 41.1 Å². The van der Waals surface area contributed by atoms with Crippen molar-refractivity contribution in [2.24, 2.45) is 0 Å². The van der Waals surface area contributed by atoms with Gasteiger partial charge in [-0.3, -0.25) is 29.8 Å². The van der Waals surface area contributed by atoms with Crippen molar-refractivity contribution < 1.29 is 33.6 Å². The van der Waals surface area contributed by atoms with Crippen LogP contribution in [0.1, 0.15) is 97.3 Å². The third-order valence-corrected chi connectivity index (χ3v) is 5.74. The molecule has 0 N–H and O–H groups in total. The van der Waals surface area contributed by atoms with Crippen LogP contribution >= 0.6 is 0 Å². The van der Waals surface area contributed by atoms with Gasteiger partial charge in [0.2, 0.25) is 0 Å². The predicted molar refractivity (Wildman–Crippen MR) is 137 cm³/mol. The summed E-state index contributed by atoms with van der Waals surface area (Å²) in [7, 11) is 0. The van der Waals surface area contributed by atoms with Gasteiger partial charge in [0.1, 0.15) is 12.7 Å². The van der Waals surface area contributed by atoms with Crippen molar-refractivity contribution in [1.82, 2.24) is 0 Å². The highest BCUT2D eigenvalue weighted by Crippen LogP contribution is 2.31. The number of hydrogen-bond donors (Lipinski definition) is 0. The molecule has 0 heterocycles. The monoisotopic (exact) mass is 524 g/mol. The molecule has 11 nitrogen and oxygen atoms in total. The lowest BCUT2D eigenvalue weighted by atomic mass is 10.1. The van der Waals surface area contributed by atoms with Crippen LogP contribution in [0.4, 0.5) is 11.4 Å². The maximum absolute atomic E-state index is 12.3. The smallest absolute Gasteiger partial charge is 0.317 e. The number of esters is 2. The first kappa shape index (κ1) is 31.8. The average molecular weight is 525 g/mol. The van der Waals surface area contributed by atoms with Crippen molar-refractivity contribution in [2.45, 2.75) is 103 Å². The standard InChI is InChI=1S/C26H40N2O9/c1-3-5-7-9-11-13-25(29)36-20-22(37-26(30)14-12-10-8-6-4-2)17-18-35-24-16-15-21(27(31)32)19-23(24)28(33)34/h15-16,19,22H,3-14,17-18,20H2,1-2H3. The summed E-state index contributed by atoms with van der Waals surface area (Å²) >= 11 is 0. The second-order valence-electron chi connectivity index (χ2n) is 8.93. The molecule has 0 saturated carbocycles. The van der Waals surface area contributed by atoms with E-state index in [1.807, 2.05) is 0 Å². The van der Waals surface area contributed by atoms with Gasteiger partial charge in [-0.2, -0.15) is 0 Å². The first-order valence-corrected chi connectivity index (χ1v) is 13.2. The first-order valence-electron chi connectivity index (χ1n) is 13.2. The lowest BCUT2D eigenvalue weighted by Crippen LogP contribution is -2.27. The van der Waals surface area contributed by atoms with Crippen LogP contribution in [0.15, 0.2) is 18.2 Å². The number of ether oxygens (including phenoxy) is 3. The molecule has 37 heavy (non-hydrogen) atoms. The molecule has 1 aromatic rings. The molecule has 0 fully saturated rings. The van der Waals surface area contributed by atoms with E-state index in [4.69, 9.17) is 14.2 Å². The van der Waals surface area contributed by atoms with Crippen LogP contribution < -0.4 is 4.74 Å². The minimum absolute atomic E-state index is 0.0817. The highest BCUT2D eigenvalue weighted by molar-refractivity contribution is 5.70. The van der Waals surface area contributed by atoms with Crippen molar-refractivity contribution >= 4 is 23.3 Å². The summed E-state index contributed by atoms with van der Waals surface area (Å²) in [6.45, 7) is 4.01. The van der Waals surface area contributed by atoms with E-state index in [2.05, 4.69) is 13.8 Å². The molecule has 0 aliphatic carbocycles. The molecule has 0 aromatic heterocycles. The van der Waals surface area contributed by atoms with Gasteiger partial charge in [0.15, 0.2) is 5.75 Å². The SMILES string of the molecule is CCCCCCCC(=O)OCC(CCOc1ccc([N+](=O)[O-])cc1[N+](=O)[O-])OC(=O)CCCCCCC. The van der Waals surface area contributed by atoms with E-state index in [1.165, 1.54) is 0 Å². The minimum atomic E-state index is -0.774. The minimum Gasteiger partial charge on any atom is -0.487 e. The van der Waals surface area contributed by atoms with Crippen LogP contribution in [0.5, 0.6) is 5.75 Å². The third kappa shape index (κ3) is 14.2. The molecular formula is C26H40N2O9. The maximum atomic E-state index is 12.3. The molecule has 0 aliphatic heterocycles. The average Bonchev–Trinajstić information content (AvgIpc) is 2.86. The van der Waals surface area contributed by atoms with E-state index >= 15 is 0 Å². The number of unbranched alkanes of at least 4 members (excludes halogenated alkanes) is 8. The van der Waals surface area contributed by atoms with E-state index in [1.54, 1.807) is 0 Å². The van der Waals surface area contributed by atoms with Gasteiger partial charge in [0.25, 0.3) is 5.69 Å². The summed E-state index contributed by atoms with van der Waals surface area (Å²) < 4.78 is 16.3. The zero-order chi connectivity index (χ0) is 27.5. The van der Waals surface area contributed by atoms with Crippen LogP contribution in [0.25, 0.3) is 0 Å². The van der Waals surface area contributed by atoms with Crippen molar-refractivity contribution in [3.8, 4) is 5.75 Å². The van der Waals surface area contributed by atoms with Gasteiger partial charge < -0.3 is 14.2 Å². The zero-order valence-corrected chi connectivity index (χ0v) is 22.0. The Balaban J connectivity index is 2.66. The number of nitrogens with zero attached hydrogens (tertiary/aromatic N) is 2. The Bertz CT molecular complexity index is 860. The number of rotatable bonds is 21. The van der Waals surface area contributed by atoms with Gasteiger partial charge >= 0.3 is 17.6 Å². The van der Waals surface area contributed by atoms with E-state index in [-0.39, 0.29) is 44.2 Å². The fourth-order valence-electron chi connectivity index (χ4n) is 3.61. The van der Waals surface area contributed by atoms with Gasteiger partial charge in [-0.05, 0) is 18.9 Å². The number of nitro benzene ring substituents is 2. The summed E-state index contributed by atoms with van der Waals surface area (Å²) in [5.74, 6) is -0.914. The Labute approximate surface area is 218 Å². The summed E-state index contributed by atoms with van der Waals surface area (Å²) in [4.78, 5) is 45.2. The summed E-state index contributed by atoms with van der Waals surface area (Å²) in [6, 6.07) is 3.10. The first-order chi connectivity index (χ1) is 17.8. The molecule has 208 valence electrons. The molecule has 11 heteroatoms. The third-order valence-electron chi connectivity index (χ3n) is 5.74. The molecule has 1 unspecified atom stereocenters. The van der Waals surface area contributed by atoms with Gasteiger partial charge in [0.05, 0.1) is 22.5 Å². The van der Waals surface area contributed by atoms with E-state index < -0.39 is 33.3 Å². The molecule has 0 aliphatic rings. The Kier molecular flexibility index (Phi) is 16.3. The fourth-order valence-corrected chi connectivity index (χ4v) is 3.61. The van der Waals surface area contributed by atoms with Crippen LogP contribution in [0.3, 0.4) is 0 Å². The second kappa shape index (κ2) is 18.9. The predicted octanol–water partition coefficient (Wildman–Crippen LogP) is 6.45. The van der Waals surface area contributed by atoms with Crippen molar-refractivity contribution in [1.29, 1.82) is 0 Å². The summed E-state index contributed by atoms with van der Waals surface area (Å²) in [6.07, 6.45) is 9.75. The number of carbonyl (C=O) groups is 2. The number of benzene rings is 1. The molecule has 0 saturated heterocycles. The topological polar surface area (TPSA) is 148 Å². The Morgan fingerprint density at radius 2 is 1.43 bits per heavy atom. The quantitative estimate of drug-likeness (QED) is 0.0765. The molecule has 1 atom stereocenters. The second-order valence-corrected chi connectivity index (χ2v) is 8.93.